The molecule has 2 aliphatic heterocycles. The third-order valence-electron chi connectivity index (χ3n) is 14.7. The largest absolute Gasteiger partial charge is 0.456 e. The molecule has 0 unspecified atom stereocenters. The Morgan fingerprint density at radius 1 is 0.206 bits per heavy atom. The van der Waals surface area contributed by atoms with Crippen molar-refractivity contribution in [3.8, 4) is 89.8 Å². The molecule has 2 aliphatic rings. The van der Waals surface area contributed by atoms with E-state index in [0.717, 1.165) is 55.7 Å². The second-order valence-electron chi connectivity index (χ2n) is 18.2. The molecule has 0 atom stereocenters. The Morgan fingerprint density at radius 3 is 1.09 bits per heavy atom. The van der Waals surface area contributed by atoms with Crippen molar-refractivity contribution in [2.75, 3.05) is 0 Å². The Morgan fingerprint density at radius 2 is 0.588 bits per heavy atom. The van der Waals surface area contributed by atoms with Gasteiger partial charge in [0.05, 0.1) is 0 Å². The molecule has 0 N–H and O–H groups in total. The molecule has 0 fully saturated rings. The third kappa shape index (κ3) is 5.34. The number of hydrogen-bond acceptors (Lipinski definition) is 2. The van der Waals surface area contributed by atoms with Crippen molar-refractivity contribution in [1.82, 2.24) is 0 Å². The standard InChI is InChI=1S/C66H38O2/c1-3-17-43-39(13-1)15-9-21-45(43)41-29-31-55-57(37-41)63(53-33-35-61-65-49(23-11-25-51(53)65)47-19-5-7-27-59(47)67-61)56-32-30-42(46-22-10-16-40-14-2-4-18-44(40)46)38-58(56)64(55)54-34-36-62-66-50(24-12-26-52(54)66)48-20-6-8-28-60(48)68-62/h1-38H. The summed E-state index contributed by atoms with van der Waals surface area (Å²) in [5.74, 6) is 3.53. The average molecular weight is 863 g/mol. The van der Waals surface area contributed by atoms with Gasteiger partial charge in [0.1, 0.15) is 23.0 Å². The Kier molecular flexibility index (Phi) is 7.81. The Hall–Kier alpha value is -8.98. The summed E-state index contributed by atoms with van der Waals surface area (Å²) in [7, 11) is 0. The fraction of sp³-hybridized carbons (Fsp3) is 0. The number of fused-ring (bicyclic) bond motifs is 8. The number of hydrogen-bond donors (Lipinski definition) is 0. The van der Waals surface area contributed by atoms with E-state index in [0.29, 0.717) is 0 Å². The SMILES string of the molecule is c1ccc2c(c1)Oc1ccc(-c3c4ccc(-c5cccc6ccccc56)cc4c(-c4ccc5c6c(cccc46)-c4ccccc4O5)c4ccc(-c5cccc6ccccc56)cc34)c3cccc-2c13. The van der Waals surface area contributed by atoms with E-state index in [-0.39, 0.29) is 0 Å². The van der Waals surface area contributed by atoms with Crippen molar-refractivity contribution >= 4 is 64.6 Å². The molecule has 0 aromatic heterocycles. The molecule has 314 valence electrons. The van der Waals surface area contributed by atoms with Gasteiger partial charge in [-0.1, -0.05) is 182 Å². The molecule has 0 spiro atoms. The van der Waals surface area contributed by atoms with Crippen LogP contribution in [0.3, 0.4) is 0 Å². The summed E-state index contributed by atoms with van der Waals surface area (Å²) in [6.45, 7) is 0. The van der Waals surface area contributed by atoms with Gasteiger partial charge in [0.15, 0.2) is 0 Å². The van der Waals surface area contributed by atoms with Gasteiger partial charge in [0, 0.05) is 21.9 Å². The van der Waals surface area contributed by atoms with E-state index in [1.807, 2.05) is 12.1 Å². The first-order chi connectivity index (χ1) is 33.7. The smallest absolute Gasteiger partial charge is 0.135 e. The van der Waals surface area contributed by atoms with Crippen molar-refractivity contribution < 1.29 is 9.47 Å². The third-order valence-corrected chi connectivity index (χ3v) is 14.7. The summed E-state index contributed by atoms with van der Waals surface area (Å²) in [6.07, 6.45) is 0. The molecule has 0 saturated heterocycles. The summed E-state index contributed by atoms with van der Waals surface area (Å²) in [5, 5.41) is 14.3. The molecule has 68 heavy (non-hydrogen) atoms. The van der Waals surface area contributed by atoms with Gasteiger partial charge < -0.3 is 9.47 Å². The fourth-order valence-corrected chi connectivity index (χ4v) is 11.7. The maximum absolute atomic E-state index is 6.70. The van der Waals surface area contributed by atoms with E-state index in [9.17, 15) is 0 Å². The summed E-state index contributed by atoms with van der Waals surface area (Å²) < 4.78 is 13.4. The van der Waals surface area contributed by atoms with Crippen molar-refractivity contribution in [3.05, 3.63) is 231 Å². The second-order valence-corrected chi connectivity index (χ2v) is 18.2. The van der Waals surface area contributed by atoms with Crippen LogP contribution in [0.15, 0.2) is 231 Å². The van der Waals surface area contributed by atoms with Crippen LogP contribution in [0.2, 0.25) is 0 Å². The van der Waals surface area contributed by atoms with Crippen LogP contribution in [0.1, 0.15) is 0 Å². The molecule has 0 amide bonds. The molecule has 0 radical (unpaired) electrons. The lowest BCUT2D eigenvalue weighted by atomic mass is 9.80. The number of rotatable bonds is 4. The second kappa shape index (κ2) is 14.3. The van der Waals surface area contributed by atoms with Crippen LogP contribution in [0.25, 0.3) is 131 Å². The Balaban J connectivity index is 1.11. The molecule has 0 aliphatic carbocycles. The minimum Gasteiger partial charge on any atom is -0.456 e. The Labute approximate surface area is 392 Å². The maximum atomic E-state index is 6.70. The molecular weight excluding hydrogens is 825 g/mol. The van der Waals surface area contributed by atoms with Gasteiger partial charge in [-0.25, -0.2) is 0 Å². The van der Waals surface area contributed by atoms with Crippen molar-refractivity contribution in [2.45, 2.75) is 0 Å². The highest BCUT2D eigenvalue weighted by molar-refractivity contribution is 6.28. The summed E-state index contributed by atoms with van der Waals surface area (Å²) >= 11 is 0. The maximum Gasteiger partial charge on any atom is 0.135 e. The normalized spacial score (nSPS) is 12.4. The van der Waals surface area contributed by atoms with Gasteiger partial charge >= 0.3 is 0 Å². The zero-order valence-corrected chi connectivity index (χ0v) is 36.8. The highest BCUT2D eigenvalue weighted by atomic mass is 16.5. The van der Waals surface area contributed by atoms with E-state index < -0.39 is 0 Å². The molecule has 15 rings (SSSR count). The molecule has 13 aromatic carbocycles. The van der Waals surface area contributed by atoms with Crippen LogP contribution in [0.4, 0.5) is 0 Å². The van der Waals surface area contributed by atoms with Crippen molar-refractivity contribution in [3.63, 3.8) is 0 Å². The molecule has 2 nitrogen and oxygen atoms in total. The minimum atomic E-state index is 0.880. The lowest BCUT2D eigenvalue weighted by Gasteiger charge is -2.25. The monoisotopic (exact) mass is 862 g/mol. The number of benzene rings is 13. The van der Waals surface area contributed by atoms with Gasteiger partial charge in [-0.2, -0.15) is 0 Å². The highest BCUT2D eigenvalue weighted by Crippen LogP contribution is 2.55. The first-order valence-corrected chi connectivity index (χ1v) is 23.4. The molecule has 2 heteroatoms. The van der Waals surface area contributed by atoms with E-state index in [1.165, 1.54) is 98.7 Å². The van der Waals surface area contributed by atoms with Crippen LogP contribution >= 0.6 is 0 Å². The number of ether oxygens (including phenoxy) is 2. The summed E-state index contributed by atoms with van der Waals surface area (Å²) in [4.78, 5) is 0. The first kappa shape index (κ1) is 37.3. The predicted molar refractivity (Wildman–Crippen MR) is 284 cm³/mol. The minimum absolute atomic E-state index is 0.880. The van der Waals surface area contributed by atoms with Crippen LogP contribution in [-0.4, -0.2) is 0 Å². The van der Waals surface area contributed by atoms with Gasteiger partial charge in [-0.3, -0.25) is 0 Å². The zero-order valence-electron chi connectivity index (χ0n) is 36.8. The van der Waals surface area contributed by atoms with Crippen LogP contribution in [0, 0.1) is 0 Å². The first-order valence-electron chi connectivity index (χ1n) is 23.4. The van der Waals surface area contributed by atoms with Gasteiger partial charge in [-0.05, 0) is 158 Å². The molecule has 2 heterocycles. The summed E-state index contributed by atoms with van der Waals surface area (Å²) in [6, 6.07) is 84.4. The molecule has 0 saturated carbocycles. The molecular formula is C66H38O2. The highest BCUT2D eigenvalue weighted by Gasteiger charge is 2.27. The predicted octanol–water partition coefficient (Wildman–Crippen LogP) is 18.8. The van der Waals surface area contributed by atoms with Gasteiger partial charge in [0.2, 0.25) is 0 Å². The van der Waals surface area contributed by atoms with Gasteiger partial charge in [0.25, 0.3) is 0 Å². The van der Waals surface area contributed by atoms with E-state index in [4.69, 9.17) is 9.47 Å². The molecule has 13 aromatic rings. The number of para-hydroxylation sites is 2. The quantitative estimate of drug-likeness (QED) is 0.164. The summed E-state index contributed by atoms with van der Waals surface area (Å²) in [5.41, 5.74) is 14.1. The van der Waals surface area contributed by atoms with E-state index >= 15 is 0 Å². The topological polar surface area (TPSA) is 18.5 Å². The lowest BCUT2D eigenvalue weighted by Crippen LogP contribution is -1.99. The van der Waals surface area contributed by atoms with Crippen LogP contribution in [0.5, 0.6) is 23.0 Å². The Bertz CT molecular complexity index is 4040. The fourth-order valence-electron chi connectivity index (χ4n) is 11.7. The van der Waals surface area contributed by atoms with Crippen molar-refractivity contribution in [2.24, 2.45) is 0 Å². The average Bonchev–Trinajstić information content (AvgIpc) is 3.40. The zero-order chi connectivity index (χ0) is 44.5. The van der Waals surface area contributed by atoms with Gasteiger partial charge in [-0.15, -0.1) is 0 Å². The van der Waals surface area contributed by atoms with E-state index in [1.54, 1.807) is 0 Å². The lowest BCUT2D eigenvalue weighted by molar-refractivity contribution is 0.487. The van der Waals surface area contributed by atoms with Crippen molar-refractivity contribution in [1.29, 1.82) is 0 Å². The van der Waals surface area contributed by atoms with Crippen LogP contribution < -0.4 is 9.47 Å². The molecule has 0 bridgehead atoms. The van der Waals surface area contributed by atoms with E-state index in [2.05, 4.69) is 218 Å². The van der Waals surface area contributed by atoms with Crippen LogP contribution in [-0.2, 0) is 0 Å².